The number of esters is 2. The summed E-state index contributed by atoms with van der Waals surface area (Å²) in [5.41, 5.74) is 1.18. The van der Waals surface area contributed by atoms with E-state index in [-0.39, 0.29) is 11.1 Å². The highest BCUT2D eigenvalue weighted by Crippen LogP contribution is 2.31. The highest BCUT2D eigenvalue weighted by molar-refractivity contribution is 6.12. The molecular formula is C24H26O8. The fourth-order valence-corrected chi connectivity index (χ4v) is 2.93. The summed E-state index contributed by atoms with van der Waals surface area (Å²) in [4.78, 5) is 25.3. The minimum atomic E-state index is -0.711. The minimum absolute atomic E-state index is 0.00125. The molecule has 8 nitrogen and oxygen atoms in total. The van der Waals surface area contributed by atoms with E-state index in [0.717, 1.165) is 0 Å². The Morgan fingerprint density at radius 1 is 0.562 bits per heavy atom. The van der Waals surface area contributed by atoms with Gasteiger partial charge in [0.25, 0.3) is 0 Å². The molecule has 0 aromatic heterocycles. The average molecular weight is 442 g/mol. The van der Waals surface area contributed by atoms with Crippen LogP contribution in [0.25, 0.3) is 12.2 Å². The molecule has 0 N–H and O–H groups in total. The second-order valence-corrected chi connectivity index (χ2v) is 6.33. The summed E-state index contributed by atoms with van der Waals surface area (Å²) in [6, 6.07) is 10.2. The number of benzene rings is 2. The molecule has 0 atom stereocenters. The van der Waals surface area contributed by atoms with Crippen molar-refractivity contribution < 1.29 is 38.0 Å². The molecule has 0 aliphatic carbocycles. The predicted octanol–water partition coefficient (Wildman–Crippen LogP) is 3.53. The Kier molecular flexibility index (Phi) is 8.71. The van der Waals surface area contributed by atoms with Gasteiger partial charge in [0.1, 0.15) is 0 Å². The Hall–Kier alpha value is -3.94. The van der Waals surface area contributed by atoms with Gasteiger partial charge in [-0.15, -0.1) is 0 Å². The first kappa shape index (κ1) is 24.3. The molecule has 0 unspecified atom stereocenters. The smallest absolute Gasteiger partial charge is 0.338 e. The van der Waals surface area contributed by atoms with Crippen LogP contribution in [0.3, 0.4) is 0 Å². The third kappa shape index (κ3) is 5.60. The summed E-state index contributed by atoms with van der Waals surface area (Å²) >= 11 is 0. The van der Waals surface area contributed by atoms with Crippen LogP contribution < -0.4 is 18.9 Å². The monoisotopic (exact) mass is 442 g/mol. The molecule has 0 spiro atoms. The van der Waals surface area contributed by atoms with Crippen molar-refractivity contribution in [2.45, 2.75) is 0 Å². The van der Waals surface area contributed by atoms with Crippen LogP contribution in [0.4, 0.5) is 0 Å². The summed E-state index contributed by atoms with van der Waals surface area (Å²) < 4.78 is 31.0. The zero-order valence-corrected chi connectivity index (χ0v) is 18.9. The fourth-order valence-electron chi connectivity index (χ4n) is 2.93. The van der Waals surface area contributed by atoms with Crippen molar-refractivity contribution in [1.82, 2.24) is 0 Å². The van der Waals surface area contributed by atoms with Crippen LogP contribution in [0.2, 0.25) is 0 Å². The Balaban J connectivity index is 2.67. The number of hydrogen-bond donors (Lipinski definition) is 0. The van der Waals surface area contributed by atoms with Crippen LogP contribution in [0.5, 0.6) is 23.0 Å². The van der Waals surface area contributed by atoms with E-state index in [2.05, 4.69) is 0 Å². The molecule has 0 bridgehead atoms. The molecule has 2 aromatic rings. The van der Waals surface area contributed by atoms with Gasteiger partial charge in [-0.2, -0.15) is 0 Å². The fraction of sp³-hybridized carbons (Fsp3) is 0.250. The van der Waals surface area contributed by atoms with Crippen molar-refractivity contribution in [2.24, 2.45) is 0 Å². The van der Waals surface area contributed by atoms with E-state index in [4.69, 9.17) is 28.4 Å². The Morgan fingerprint density at radius 2 is 0.906 bits per heavy atom. The number of rotatable bonds is 9. The zero-order chi connectivity index (χ0) is 23.7. The molecule has 0 saturated carbocycles. The van der Waals surface area contributed by atoms with E-state index in [9.17, 15) is 9.59 Å². The molecule has 0 aliphatic heterocycles. The maximum atomic E-state index is 12.6. The van der Waals surface area contributed by atoms with E-state index in [1.165, 1.54) is 54.8 Å². The standard InChI is InChI=1S/C24H26O8/c1-27-19-9-7-15(13-21(19)29-3)11-17(23(25)31-5)18(24(26)32-6)12-16-8-10-20(28-2)22(14-16)30-4/h7-14H,1-6H3/b17-11+,18-12+. The first-order valence-corrected chi connectivity index (χ1v) is 9.46. The van der Waals surface area contributed by atoms with Gasteiger partial charge in [-0.25, -0.2) is 9.59 Å². The van der Waals surface area contributed by atoms with Crippen LogP contribution >= 0.6 is 0 Å². The normalized spacial score (nSPS) is 11.4. The van der Waals surface area contributed by atoms with E-state index >= 15 is 0 Å². The van der Waals surface area contributed by atoms with Crippen LogP contribution in [0, 0.1) is 0 Å². The largest absolute Gasteiger partial charge is 0.493 e. The van der Waals surface area contributed by atoms with Crippen molar-refractivity contribution >= 4 is 24.1 Å². The molecule has 2 aromatic carbocycles. The lowest BCUT2D eigenvalue weighted by molar-refractivity contribution is -0.139. The molecule has 0 radical (unpaired) electrons. The van der Waals surface area contributed by atoms with Crippen LogP contribution in [0.15, 0.2) is 47.5 Å². The molecule has 170 valence electrons. The number of carbonyl (C=O) groups excluding carboxylic acids is 2. The third-order valence-electron chi connectivity index (χ3n) is 4.54. The van der Waals surface area contributed by atoms with Crippen LogP contribution in [0.1, 0.15) is 11.1 Å². The molecule has 2 rings (SSSR count). The lowest BCUT2D eigenvalue weighted by Crippen LogP contribution is -2.15. The number of methoxy groups -OCH3 is 6. The molecule has 0 heterocycles. The lowest BCUT2D eigenvalue weighted by atomic mass is 9.99. The van der Waals surface area contributed by atoms with Gasteiger partial charge in [0.15, 0.2) is 23.0 Å². The van der Waals surface area contributed by atoms with E-state index < -0.39 is 11.9 Å². The highest BCUT2D eigenvalue weighted by atomic mass is 16.5. The molecular weight excluding hydrogens is 416 g/mol. The summed E-state index contributed by atoms with van der Waals surface area (Å²) in [7, 11) is 8.52. The Bertz CT molecular complexity index is 953. The Labute approximate surface area is 186 Å². The SMILES string of the molecule is COC(=O)C(=C/c1ccc(OC)c(OC)c1)/C(=C\c1ccc(OC)c(OC)c1)C(=O)OC. The molecule has 8 heteroatoms. The summed E-state index contributed by atoms with van der Waals surface area (Å²) in [6.07, 6.45) is 3.02. The molecule has 0 saturated heterocycles. The van der Waals surface area contributed by atoms with Crippen molar-refractivity contribution in [3.05, 3.63) is 58.7 Å². The summed E-state index contributed by atoms with van der Waals surface area (Å²) in [5.74, 6) is 0.563. The van der Waals surface area contributed by atoms with Crippen LogP contribution in [-0.4, -0.2) is 54.6 Å². The lowest BCUT2D eigenvalue weighted by Gasteiger charge is -2.12. The topological polar surface area (TPSA) is 89.5 Å². The summed E-state index contributed by atoms with van der Waals surface area (Å²) in [5, 5.41) is 0. The van der Waals surface area contributed by atoms with E-state index in [1.807, 2.05) is 0 Å². The molecule has 32 heavy (non-hydrogen) atoms. The van der Waals surface area contributed by atoms with Gasteiger partial charge in [-0.3, -0.25) is 0 Å². The third-order valence-corrected chi connectivity index (χ3v) is 4.54. The minimum Gasteiger partial charge on any atom is -0.493 e. The highest BCUT2D eigenvalue weighted by Gasteiger charge is 2.23. The predicted molar refractivity (Wildman–Crippen MR) is 119 cm³/mol. The summed E-state index contributed by atoms with van der Waals surface area (Å²) in [6.45, 7) is 0. The number of carbonyl (C=O) groups is 2. The second-order valence-electron chi connectivity index (χ2n) is 6.33. The zero-order valence-electron chi connectivity index (χ0n) is 18.9. The second kappa shape index (κ2) is 11.5. The van der Waals surface area contributed by atoms with Crippen molar-refractivity contribution in [3.63, 3.8) is 0 Å². The molecule has 0 amide bonds. The Morgan fingerprint density at radius 3 is 1.19 bits per heavy atom. The maximum absolute atomic E-state index is 12.6. The van der Waals surface area contributed by atoms with Gasteiger partial charge in [0, 0.05) is 0 Å². The van der Waals surface area contributed by atoms with Crippen molar-refractivity contribution in [2.75, 3.05) is 42.7 Å². The van der Waals surface area contributed by atoms with E-state index in [0.29, 0.717) is 34.1 Å². The molecule has 0 fully saturated rings. The number of hydrogen-bond acceptors (Lipinski definition) is 8. The van der Waals surface area contributed by atoms with Crippen molar-refractivity contribution in [3.8, 4) is 23.0 Å². The molecule has 0 aliphatic rings. The van der Waals surface area contributed by atoms with Gasteiger partial charge in [-0.05, 0) is 47.5 Å². The van der Waals surface area contributed by atoms with Gasteiger partial charge >= 0.3 is 11.9 Å². The average Bonchev–Trinajstić information content (AvgIpc) is 2.84. The van der Waals surface area contributed by atoms with Gasteiger partial charge < -0.3 is 28.4 Å². The van der Waals surface area contributed by atoms with Gasteiger partial charge in [-0.1, -0.05) is 12.1 Å². The van der Waals surface area contributed by atoms with E-state index in [1.54, 1.807) is 36.4 Å². The van der Waals surface area contributed by atoms with Gasteiger partial charge in [0.2, 0.25) is 0 Å². The maximum Gasteiger partial charge on any atom is 0.338 e. The first-order valence-electron chi connectivity index (χ1n) is 9.46. The van der Waals surface area contributed by atoms with Crippen molar-refractivity contribution in [1.29, 1.82) is 0 Å². The van der Waals surface area contributed by atoms with Crippen LogP contribution in [-0.2, 0) is 19.1 Å². The quantitative estimate of drug-likeness (QED) is 0.331. The number of ether oxygens (including phenoxy) is 6. The van der Waals surface area contributed by atoms with Gasteiger partial charge in [0.05, 0.1) is 53.8 Å². The first-order chi connectivity index (χ1) is 15.4.